The summed E-state index contributed by atoms with van der Waals surface area (Å²) >= 11 is 0. The van der Waals surface area contributed by atoms with E-state index in [2.05, 4.69) is 9.98 Å². The van der Waals surface area contributed by atoms with Gasteiger partial charge in [-0.2, -0.15) is 0 Å². The second kappa shape index (κ2) is 12.4. The number of imidazole rings is 1. The maximum Gasteiger partial charge on any atom is 0.347 e. The monoisotopic (exact) mass is 535 g/mol. The van der Waals surface area contributed by atoms with Crippen molar-refractivity contribution < 1.29 is 24.2 Å². The Hall–Kier alpha value is -4.82. The number of para-hydroxylation sites is 1. The largest absolute Gasteiger partial charge is 0.478 e. The number of benzene rings is 3. The van der Waals surface area contributed by atoms with Crippen LogP contribution in [-0.4, -0.2) is 45.3 Å². The van der Waals surface area contributed by atoms with Crippen molar-refractivity contribution in [3.05, 3.63) is 125 Å². The predicted octanol–water partition coefficient (Wildman–Crippen LogP) is 5.31. The lowest BCUT2D eigenvalue weighted by Gasteiger charge is -2.17. The molecule has 0 spiro atoms. The van der Waals surface area contributed by atoms with E-state index in [1.807, 2.05) is 78.4 Å². The quantitative estimate of drug-likeness (QED) is 0.233. The molecule has 202 valence electrons. The minimum Gasteiger partial charge on any atom is -0.478 e. The van der Waals surface area contributed by atoms with Crippen LogP contribution in [0.25, 0.3) is 6.08 Å². The number of aromatic nitrogens is 2. The molecule has 1 N–H and O–H groups in total. The van der Waals surface area contributed by atoms with Gasteiger partial charge in [0.05, 0.1) is 13.2 Å². The molecule has 3 aromatic carbocycles. The molecule has 1 aliphatic rings. The molecule has 0 radical (unpaired) electrons. The first-order valence-electron chi connectivity index (χ1n) is 13.0. The number of carboxylic acid groups (broad SMARTS) is 1. The number of ketones is 1. The van der Waals surface area contributed by atoms with Crippen molar-refractivity contribution in [2.75, 3.05) is 6.61 Å². The van der Waals surface area contributed by atoms with Gasteiger partial charge in [-0.3, -0.25) is 9.79 Å². The van der Waals surface area contributed by atoms with Crippen molar-refractivity contribution >= 4 is 24.0 Å². The van der Waals surface area contributed by atoms with Crippen LogP contribution in [0.3, 0.4) is 0 Å². The normalized spacial score (nSPS) is 14.8. The number of ether oxygens (including phenoxy) is 2. The molecule has 8 nitrogen and oxygen atoms in total. The number of aliphatic carboxylic acids is 1. The number of aliphatic imine (C=N–C) groups is 1. The Morgan fingerprint density at radius 3 is 2.55 bits per heavy atom. The maximum atomic E-state index is 13.0. The van der Waals surface area contributed by atoms with Crippen molar-refractivity contribution in [2.24, 2.45) is 4.99 Å². The van der Waals surface area contributed by atoms with Gasteiger partial charge in [0, 0.05) is 30.7 Å². The van der Waals surface area contributed by atoms with Gasteiger partial charge < -0.3 is 19.1 Å². The molecule has 2 unspecified atom stereocenters. The van der Waals surface area contributed by atoms with E-state index in [1.165, 1.54) is 0 Å². The molecule has 5 rings (SSSR count). The first-order valence-corrected chi connectivity index (χ1v) is 13.0. The van der Waals surface area contributed by atoms with Crippen LogP contribution in [0.1, 0.15) is 44.5 Å². The van der Waals surface area contributed by atoms with E-state index in [1.54, 1.807) is 36.7 Å². The average molecular weight is 536 g/mol. The van der Waals surface area contributed by atoms with E-state index >= 15 is 0 Å². The Labute approximate surface area is 232 Å². The molecule has 0 bridgehead atoms. The smallest absolute Gasteiger partial charge is 0.347 e. The zero-order valence-corrected chi connectivity index (χ0v) is 22.0. The molecule has 0 aliphatic carbocycles. The van der Waals surface area contributed by atoms with Crippen LogP contribution < -0.4 is 4.74 Å². The number of allylic oxidation sites excluding steroid dienone is 1. The van der Waals surface area contributed by atoms with E-state index in [0.717, 1.165) is 22.3 Å². The molecule has 1 aromatic heterocycles. The highest BCUT2D eigenvalue weighted by Gasteiger charge is 2.24. The van der Waals surface area contributed by atoms with Crippen LogP contribution in [0.4, 0.5) is 0 Å². The lowest BCUT2D eigenvalue weighted by molar-refractivity contribution is -0.148. The van der Waals surface area contributed by atoms with Crippen LogP contribution in [0, 0.1) is 6.92 Å². The summed E-state index contributed by atoms with van der Waals surface area (Å²) in [6.45, 7) is 2.56. The Balaban J connectivity index is 1.25. The molecular formula is C32H29N3O5. The molecular weight excluding hydrogens is 506 g/mol. The van der Waals surface area contributed by atoms with E-state index in [9.17, 15) is 14.7 Å². The molecule has 8 heteroatoms. The molecule has 0 saturated carbocycles. The Bertz CT molecular complexity index is 1530. The fraction of sp³-hybridized carbons (Fsp3) is 0.188. The van der Waals surface area contributed by atoms with Crippen molar-refractivity contribution in [2.45, 2.75) is 32.2 Å². The number of carbonyl (C=O) groups is 2. The van der Waals surface area contributed by atoms with Crippen LogP contribution in [0.2, 0.25) is 0 Å². The third-order valence-corrected chi connectivity index (χ3v) is 6.48. The molecule has 2 heterocycles. The molecule has 0 amide bonds. The Kier molecular flexibility index (Phi) is 8.27. The number of nitrogens with zero attached hydrogens (tertiary/aromatic N) is 3. The predicted molar refractivity (Wildman–Crippen MR) is 152 cm³/mol. The second-order valence-electron chi connectivity index (χ2n) is 9.44. The number of aryl methyl sites for hydroxylation is 1. The Morgan fingerprint density at radius 2 is 1.82 bits per heavy atom. The number of carbonyl (C=O) groups excluding carboxylic acids is 1. The molecule has 2 atom stereocenters. The SMILES string of the molecule is Cc1ccc(C(=O)c2nccn2C/C=C/c2cccc(COCC(Oc3ccccc3)C(=O)O)c2C2C=N2)cc1. The van der Waals surface area contributed by atoms with Gasteiger partial charge in [-0.25, -0.2) is 9.78 Å². The van der Waals surface area contributed by atoms with Crippen LogP contribution in [0.5, 0.6) is 5.75 Å². The second-order valence-corrected chi connectivity index (χ2v) is 9.44. The summed E-state index contributed by atoms with van der Waals surface area (Å²) in [6, 6.07) is 22.1. The van der Waals surface area contributed by atoms with Crippen molar-refractivity contribution in [3.8, 4) is 5.75 Å². The standard InChI is InChI=1S/C32H29N3O5/c1-22-12-14-24(15-13-22)30(36)31-33-16-18-35(31)17-6-9-23-7-5-8-25(29(23)27-19-34-27)20-39-21-28(32(37)38)40-26-10-3-2-4-11-26/h2-16,18-19,27-28H,17,20-21H2,1H3,(H,37,38)/b9-6+. The highest BCUT2D eigenvalue weighted by atomic mass is 16.5. The number of hydrogen-bond donors (Lipinski definition) is 1. The number of carboxylic acids is 1. The van der Waals surface area contributed by atoms with Crippen molar-refractivity contribution in [1.29, 1.82) is 0 Å². The van der Waals surface area contributed by atoms with Gasteiger partial charge in [0.1, 0.15) is 11.8 Å². The van der Waals surface area contributed by atoms with Gasteiger partial charge in [0.25, 0.3) is 0 Å². The highest BCUT2D eigenvalue weighted by molar-refractivity contribution is 6.06. The fourth-order valence-corrected chi connectivity index (χ4v) is 4.34. The third kappa shape index (κ3) is 6.59. The first-order chi connectivity index (χ1) is 19.5. The summed E-state index contributed by atoms with van der Waals surface area (Å²) in [4.78, 5) is 33.3. The molecule has 1 aliphatic heterocycles. The van der Waals surface area contributed by atoms with Crippen molar-refractivity contribution in [3.63, 3.8) is 0 Å². The van der Waals surface area contributed by atoms with E-state index in [-0.39, 0.29) is 25.0 Å². The summed E-state index contributed by atoms with van der Waals surface area (Å²) < 4.78 is 13.2. The number of hydrogen-bond acceptors (Lipinski definition) is 6. The molecule has 0 saturated heterocycles. The highest BCUT2D eigenvalue weighted by Crippen LogP contribution is 2.32. The lowest BCUT2D eigenvalue weighted by Crippen LogP contribution is -2.32. The van der Waals surface area contributed by atoms with Crippen LogP contribution in [-0.2, 0) is 22.7 Å². The van der Waals surface area contributed by atoms with E-state index in [0.29, 0.717) is 23.7 Å². The lowest BCUT2D eigenvalue weighted by atomic mass is 9.97. The fourth-order valence-electron chi connectivity index (χ4n) is 4.34. The van der Waals surface area contributed by atoms with E-state index in [4.69, 9.17) is 9.47 Å². The zero-order chi connectivity index (χ0) is 27.9. The first kappa shape index (κ1) is 26.8. The zero-order valence-electron chi connectivity index (χ0n) is 22.0. The Morgan fingerprint density at radius 1 is 1.05 bits per heavy atom. The molecule has 0 fully saturated rings. The van der Waals surface area contributed by atoms with Gasteiger partial charge in [0.15, 0.2) is 5.82 Å². The number of rotatable bonds is 13. The molecule has 40 heavy (non-hydrogen) atoms. The van der Waals surface area contributed by atoms with Gasteiger partial charge >= 0.3 is 5.97 Å². The van der Waals surface area contributed by atoms with Gasteiger partial charge in [-0.05, 0) is 35.7 Å². The van der Waals surface area contributed by atoms with Crippen LogP contribution in [0.15, 0.2) is 96.3 Å². The van der Waals surface area contributed by atoms with Gasteiger partial charge in [0.2, 0.25) is 11.9 Å². The maximum absolute atomic E-state index is 13.0. The average Bonchev–Trinajstić information content (AvgIpc) is 3.70. The van der Waals surface area contributed by atoms with Crippen molar-refractivity contribution in [1.82, 2.24) is 9.55 Å². The third-order valence-electron chi connectivity index (χ3n) is 6.48. The summed E-state index contributed by atoms with van der Waals surface area (Å²) in [5.74, 6) is -0.363. The minimum absolute atomic E-state index is 0.0396. The van der Waals surface area contributed by atoms with Gasteiger partial charge in [-0.15, -0.1) is 0 Å². The summed E-state index contributed by atoms with van der Waals surface area (Å²) in [7, 11) is 0. The van der Waals surface area contributed by atoms with Crippen LogP contribution >= 0.6 is 0 Å². The summed E-state index contributed by atoms with van der Waals surface area (Å²) in [5.41, 5.74) is 4.60. The van der Waals surface area contributed by atoms with Gasteiger partial charge in [-0.1, -0.05) is 78.4 Å². The summed E-state index contributed by atoms with van der Waals surface area (Å²) in [6.07, 6.45) is 8.13. The topological polar surface area (TPSA) is 103 Å². The minimum atomic E-state index is -1.13. The molecule has 4 aromatic rings. The summed E-state index contributed by atoms with van der Waals surface area (Å²) in [5, 5.41) is 9.57. The van der Waals surface area contributed by atoms with E-state index < -0.39 is 12.1 Å².